The second-order valence-electron chi connectivity index (χ2n) is 4.29. The average Bonchev–Trinajstić information content (AvgIpc) is 2.23. The highest BCUT2D eigenvalue weighted by molar-refractivity contribution is 5.68. The van der Waals surface area contributed by atoms with Gasteiger partial charge in [-0.15, -0.1) is 6.58 Å². The maximum atomic E-state index is 11.7. The zero-order valence-electron chi connectivity index (χ0n) is 10.5. The molecule has 0 N–H and O–H groups in total. The lowest BCUT2D eigenvalue weighted by Gasteiger charge is -2.43. The Labute approximate surface area is 97.9 Å². The molecule has 0 aromatic rings. The molecule has 92 valence electrons. The number of carbonyl (C=O) groups excluding carboxylic acids is 1. The minimum Gasteiger partial charge on any atom is -0.450 e. The van der Waals surface area contributed by atoms with E-state index in [1.165, 1.54) is 0 Å². The molecule has 0 radical (unpaired) electrons. The lowest BCUT2D eigenvalue weighted by molar-refractivity contribution is 0.0349. The molecule has 2 atom stereocenters. The third-order valence-electron chi connectivity index (χ3n) is 2.98. The average molecular weight is 226 g/mol. The molecule has 1 aliphatic heterocycles. The number of rotatable bonds is 3. The second-order valence-corrected chi connectivity index (χ2v) is 4.29. The standard InChI is InChI=1S/C12H22N2O2/c1-5-7-13-8-11(4)14(9-10(13)3)12(15)16-6-2/h5,10-11H,1,6-9H2,2-4H3. The van der Waals surface area contributed by atoms with Crippen LogP contribution in [-0.2, 0) is 4.74 Å². The molecule has 0 aromatic heterocycles. The van der Waals surface area contributed by atoms with E-state index < -0.39 is 0 Å². The van der Waals surface area contributed by atoms with E-state index in [0.29, 0.717) is 12.6 Å². The summed E-state index contributed by atoms with van der Waals surface area (Å²) in [5.74, 6) is 0. The lowest BCUT2D eigenvalue weighted by Crippen LogP contribution is -2.58. The number of amides is 1. The van der Waals surface area contributed by atoms with Crippen molar-refractivity contribution >= 4 is 6.09 Å². The Bertz CT molecular complexity index is 255. The van der Waals surface area contributed by atoms with Crippen LogP contribution in [0.3, 0.4) is 0 Å². The van der Waals surface area contributed by atoms with Gasteiger partial charge in [0.05, 0.1) is 6.61 Å². The number of hydrogen-bond acceptors (Lipinski definition) is 3. The van der Waals surface area contributed by atoms with Crippen LogP contribution in [0.25, 0.3) is 0 Å². The fraction of sp³-hybridized carbons (Fsp3) is 0.750. The first-order chi connectivity index (χ1) is 7.60. The smallest absolute Gasteiger partial charge is 0.410 e. The highest BCUT2D eigenvalue weighted by Crippen LogP contribution is 2.15. The first-order valence-corrected chi connectivity index (χ1v) is 5.88. The third-order valence-corrected chi connectivity index (χ3v) is 2.98. The van der Waals surface area contributed by atoms with E-state index in [1.807, 2.05) is 17.9 Å². The number of ether oxygens (including phenoxy) is 1. The molecule has 1 rings (SSSR count). The van der Waals surface area contributed by atoms with Gasteiger partial charge in [-0.05, 0) is 20.8 Å². The van der Waals surface area contributed by atoms with Crippen LogP contribution < -0.4 is 0 Å². The predicted octanol–water partition coefficient (Wildman–Crippen LogP) is 1.72. The van der Waals surface area contributed by atoms with Gasteiger partial charge in [0.15, 0.2) is 0 Å². The SMILES string of the molecule is C=CCN1CC(C)N(C(=O)OCC)CC1C. The van der Waals surface area contributed by atoms with Gasteiger partial charge in [0, 0.05) is 31.7 Å². The first-order valence-electron chi connectivity index (χ1n) is 5.88. The molecular formula is C12H22N2O2. The van der Waals surface area contributed by atoms with E-state index in [1.54, 1.807) is 0 Å². The van der Waals surface area contributed by atoms with Crippen molar-refractivity contribution in [2.45, 2.75) is 32.9 Å². The minimum atomic E-state index is -0.194. The zero-order chi connectivity index (χ0) is 12.1. The molecule has 2 unspecified atom stereocenters. The molecule has 16 heavy (non-hydrogen) atoms. The third kappa shape index (κ3) is 2.98. The summed E-state index contributed by atoms with van der Waals surface area (Å²) < 4.78 is 5.04. The van der Waals surface area contributed by atoms with Crippen LogP contribution in [0.1, 0.15) is 20.8 Å². The van der Waals surface area contributed by atoms with Gasteiger partial charge in [-0.1, -0.05) is 6.08 Å². The Morgan fingerprint density at radius 1 is 1.44 bits per heavy atom. The molecule has 1 fully saturated rings. The van der Waals surface area contributed by atoms with Crippen molar-refractivity contribution in [2.75, 3.05) is 26.2 Å². The van der Waals surface area contributed by atoms with Crippen LogP contribution in [0.5, 0.6) is 0 Å². The van der Waals surface area contributed by atoms with Gasteiger partial charge >= 0.3 is 6.09 Å². The Balaban J connectivity index is 2.58. The molecule has 0 aromatic carbocycles. The van der Waals surface area contributed by atoms with E-state index in [2.05, 4.69) is 25.3 Å². The van der Waals surface area contributed by atoms with Crippen LogP contribution in [-0.4, -0.2) is 54.2 Å². The zero-order valence-corrected chi connectivity index (χ0v) is 10.5. The van der Waals surface area contributed by atoms with Crippen molar-refractivity contribution in [3.8, 4) is 0 Å². The molecule has 0 aliphatic carbocycles. The van der Waals surface area contributed by atoms with Crippen LogP contribution >= 0.6 is 0 Å². The van der Waals surface area contributed by atoms with Crippen molar-refractivity contribution in [3.05, 3.63) is 12.7 Å². The highest BCUT2D eigenvalue weighted by Gasteiger charge is 2.31. The Hall–Kier alpha value is -1.03. The van der Waals surface area contributed by atoms with E-state index >= 15 is 0 Å². The van der Waals surface area contributed by atoms with Crippen LogP contribution in [0.4, 0.5) is 4.79 Å². The van der Waals surface area contributed by atoms with Crippen LogP contribution in [0.2, 0.25) is 0 Å². The van der Waals surface area contributed by atoms with Crippen LogP contribution in [0.15, 0.2) is 12.7 Å². The Kier molecular flexibility index (Phi) is 4.80. The molecule has 4 nitrogen and oxygen atoms in total. The topological polar surface area (TPSA) is 32.8 Å². The summed E-state index contributed by atoms with van der Waals surface area (Å²) in [6.07, 6.45) is 1.71. The Morgan fingerprint density at radius 2 is 2.12 bits per heavy atom. The molecule has 4 heteroatoms. The molecule has 0 bridgehead atoms. The van der Waals surface area contributed by atoms with E-state index in [4.69, 9.17) is 4.74 Å². The van der Waals surface area contributed by atoms with E-state index in [9.17, 15) is 4.79 Å². The number of carbonyl (C=O) groups is 1. The van der Waals surface area contributed by atoms with E-state index in [0.717, 1.165) is 19.6 Å². The van der Waals surface area contributed by atoms with Gasteiger partial charge in [0.2, 0.25) is 0 Å². The van der Waals surface area contributed by atoms with Crippen LogP contribution in [0, 0.1) is 0 Å². The summed E-state index contributed by atoms with van der Waals surface area (Å²) in [5.41, 5.74) is 0. The molecule has 1 amide bonds. The first kappa shape index (κ1) is 13.0. The summed E-state index contributed by atoms with van der Waals surface area (Å²) in [4.78, 5) is 15.8. The van der Waals surface area contributed by atoms with Gasteiger partial charge < -0.3 is 9.64 Å². The van der Waals surface area contributed by atoms with Gasteiger partial charge in [-0.25, -0.2) is 4.79 Å². The number of hydrogen-bond donors (Lipinski definition) is 0. The van der Waals surface area contributed by atoms with E-state index in [-0.39, 0.29) is 12.1 Å². The predicted molar refractivity (Wildman–Crippen MR) is 64.4 cm³/mol. The second kappa shape index (κ2) is 5.89. The van der Waals surface area contributed by atoms with Gasteiger partial charge in [0.1, 0.15) is 0 Å². The number of piperazine rings is 1. The van der Waals surface area contributed by atoms with Crippen molar-refractivity contribution in [3.63, 3.8) is 0 Å². The van der Waals surface area contributed by atoms with Gasteiger partial charge in [-0.3, -0.25) is 4.90 Å². The quantitative estimate of drug-likeness (QED) is 0.687. The van der Waals surface area contributed by atoms with Crippen molar-refractivity contribution in [1.29, 1.82) is 0 Å². The molecule has 0 spiro atoms. The van der Waals surface area contributed by atoms with Gasteiger partial charge in [0.25, 0.3) is 0 Å². The largest absolute Gasteiger partial charge is 0.450 e. The minimum absolute atomic E-state index is 0.194. The summed E-state index contributed by atoms with van der Waals surface area (Å²) in [6.45, 7) is 12.7. The summed E-state index contributed by atoms with van der Waals surface area (Å²) in [6, 6.07) is 0.564. The fourth-order valence-electron chi connectivity index (χ4n) is 2.08. The normalized spacial score (nSPS) is 26.6. The fourth-order valence-corrected chi connectivity index (χ4v) is 2.08. The molecule has 0 saturated carbocycles. The molecule has 1 saturated heterocycles. The molecular weight excluding hydrogens is 204 g/mol. The summed E-state index contributed by atoms with van der Waals surface area (Å²) in [5, 5.41) is 0. The summed E-state index contributed by atoms with van der Waals surface area (Å²) >= 11 is 0. The maximum absolute atomic E-state index is 11.7. The van der Waals surface area contributed by atoms with Gasteiger partial charge in [-0.2, -0.15) is 0 Å². The van der Waals surface area contributed by atoms with Crippen molar-refractivity contribution < 1.29 is 9.53 Å². The summed E-state index contributed by atoms with van der Waals surface area (Å²) in [7, 11) is 0. The lowest BCUT2D eigenvalue weighted by atomic mass is 10.1. The molecule has 1 aliphatic rings. The Morgan fingerprint density at radius 3 is 2.69 bits per heavy atom. The highest BCUT2D eigenvalue weighted by atomic mass is 16.6. The van der Waals surface area contributed by atoms with Crippen molar-refractivity contribution in [1.82, 2.24) is 9.80 Å². The monoisotopic (exact) mass is 226 g/mol. The molecule has 1 heterocycles. The van der Waals surface area contributed by atoms with Crippen molar-refractivity contribution in [2.24, 2.45) is 0 Å². The number of nitrogens with zero attached hydrogens (tertiary/aromatic N) is 2. The maximum Gasteiger partial charge on any atom is 0.410 e.